The molecule has 0 aromatic heterocycles. The Bertz CT molecular complexity index is 949. The molecule has 0 saturated heterocycles. The second-order valence-electron chi connectivity index (χ2n) is 7.05. The number of nitrogens with zero attached hydrogens (tertiary/aromatic N) is 1. The lowest BCUT2D eigenvalue weighted by atomic mass is 10.1. The molecule has 1 saturated carbocycles. The van der Waals surface area contributed by atoms with E-state index < -0.39 is 0 Å². The van der Waals surface area contributed by atoms with E-state index in [2.05, 4.69) is 5.32 Å². The van der Waals surface area contributed by atoms with Gasteiger partial charge < -0.3 is 10.2 Å². The highest BCUT2D eigenvalue weighted by atomic mass is 16.2. The van der Waals surface area contributed by atoms with Gasteiger partial charge in [-0.3, -0.25) is 9.59 Å². The smallest absolute Gasteiger partial charge is 0.258 e. The summed E-state index contributed by atoms with van der Waals surface area (Å²) < 4.78 is 0. The Balaban J connectivity index is 1.55. The van der Waals surface area contributed by atoms with Gasteiger partial charge in [-0.05, 0) is 54.8 Å². The quantitative estimate of drug-likeness (QED) is 0.672. The van der Waals surface area contributed by atoms with Crippen molar-refractivity contribution in [2.45, 2.75) is 19.4 Å². The van der Waals surface area contributed by atoms with E-state index in [1.54, 1.807) is 29.2 Å². The van der Waals surface area contributed by atoms with Crippen molar-refractivity contribution < 1.29 is 9.59 Å². The molecule has 1 N–H and O–H groups in total. The van der Waals surface area contributed by atoms with Crippen molar-refractivity contribution in [3.63, 3.8) is 0 Å². The largest absolute Gasteiger partial charge is 0.326 e. The van der Waals surface area contributed by atoms with E-state index in [1.807, 2.05) is 60.7 Å². The minimum absolute atomic E-state index is 0.0640. The Kier molecular flexibility index (Phi) is 5.20. The molecule has 4 nitrogen and oxygen atoms in total. The highest BCUT2D eigenvalue weighted by Gasteiger charge is 2.29. The Hall–Kier alpha value is -3.40. The monoisotopic (exact) mass is 370 g/mol. The summed E-state index contributed by atoms with van der Waals surface area (Å²) in [6, 6.07) is 26.7. The number of hydrogen-bond acceptors (Lipinski definition) is 2. The molecule has 1 fully saturated rings. The maximum atomic E-state index is 13.2. The molecule has 28 heavy (non-hydrogen) atoms. The zero-order valence-electron chi connectivity index (χ0n) is 15.5. The van der Waals surface area contributed by atoms with E-state index in [0.29, 0.717) is 12.1 Å². The molecule has 0 aliphatic heterocycles. The Morgan fingerprint density at radius 1 is 0.821 bits per heavy atom. The van der Waals surface area contributed by atoms with E-state index in [4.69, 9.17) is 0 Å². The minimum Gasteiger partial charge on any atom is -0.326 e. The highest BCUT2D eigenvalue weighted by molar-refractivity contribution is 6.06. The molecule has 140 valence electrons. The van der Waals surface area contributed by atoms with Crippen molar-refractivity contribution in [2.75, 3.05) is 10.2 Å². The van der Waals surface area contributed by atoms with Crippen molar-refractivity contribution in [1.29, 1.82) is 0 Å². The van der Waals surface area contributed by atoms with Crippen molar-refractivity contribution in [2.24, 2.45) is 5.92 Å². The van der Waals surface area contributed by atoms with Gasteiger partial charge in [0.05, 0.1) is 6.54 Å². The summed E-state index contributed by atoms with van der Waals surface area (Å²) >= 11 is 0. The van der Waals surface area contributed by atoms with Crippen molar-refractivity contribution in [1.82, 2.24) is 0 Å². The molecule has 0 bridgehead atoms. The average Bonchev–Trinajstić information content (AvgIpc) is 3.59. The van der Waals surface area contributed by atoms with Crippen LogP contribution in [0.25, 0.3) is 0 Å². The predicted molar refractivity (Wildman–Crippen MR) is 111 cm³/mol. The average molecular weight is 370 g/mol. The minimum atomic E-state index is -0.0740. The Morgan fingerprint density at radius 3 is 2.04 bits per heavy atom. The number of carbonyl (C=O) groups is 2. The molecule has 3 aromatic carbocycles. The molecule has 1 aliphatic rings. The zero-order valence-corrected chi connectivity index (χ0v) is 15.5. The number of amides is 2. The van der Waals surface area contributed by atoms with E-state index >= 15 is 0 Å². The standard InChI is InChI=1S/C24H22N2O2/c27-23(19-11-12-19)25-21-15-13-20(14-16-21)24(28)26(22-9-5-2-6-10-22)17-18-7-3-1-4-8-18/h1-10,13-16,19H,11-12,17H2,(H,25,27). The zero-order chi connectivity index (χ0) is 19.3. The van der Waals surface area contributed by atoms with Gasteiger partial charge in [-0.15, -0.1) is 0 Å². The molecular formula is C24H22N2O2. The third-order valence-electron chi connectivity index (χ3n) is 4.84. The lowest BCUT2D eigenvalue weighted by molar-refractivity contribution is -0.117. The van der Waals surface area contributed by atoms with Crippen molar-refractivity contribution >= 4 is 23.2 Å². The molecule has 3 aromatic rings. The van der Waals surface area contributed by atoms with E-state index in [0.717, 1.165) is 29.8 Å². The van der Waals surface area contributed by atoms with Crippen LogP contribution in [0, 0.1) is 5.92 Å². The maximum Gasteiger partial charge on any atom is 0.258 e. The van der Waals surface area contributed by atoms with Crippen molar-refractivity contribution in [3.05, 3.63) is 96.1 Å². The van der Waals surface area contributed by atoms with Crippen LogP contribution < -0.4 is 10.2 Å². The topological polar surface area (TPSA) is 49.4 Å². The Morgan fingerprint density at radius 2 is 1.43 bits per heavy atom. The van der Waals surface area contributed by atoms with Crippen LogP contribution in [0.3, 0.4) is 0 Å². The third kappa shape index (κ3) is 4.29. The summed E-state index contributed by atoms with van der Waals surface area (Å²) in [5.74, 6) is 0.143. The van der Waals surface area contributed by atoms with Gasteiger partial charge in [0.25, 0.3) is 5.91 Å². The van der Waals surface area contributed by atoms with Crippen LogP contribution in [0.5, 0.6) is 0 Å². The fourth-order valence-electron chi connectivity index (χ4n) is 3.10. The summed E-state index contributed by atoms with van der Waals surface area (Å²) in [6.45, 7) is 0.490. The van der Waals surface area contributed by atoms with Gasteiger partial charge in [0.2, 0.25) is 5.91 Å². The first-order chi connectivity index (χ1) is 13.7. The summed E-state index contributed by atoms with van der Waals surface area (Å²) in [4.78, 5) is 26.9. The number of para-hydroxylation sites is 1. The van der Waals surface area contributed by atoms with E-state index in [9.17, 15) is 9.59 Å². The maximum absolute atomic E-state index is 13.2. The molecule has 1 aliphatic carbocycles. The second-order valence-corrected chi connectivity index (χ2v) is 7.05. The summed E-state index contributed by atoms with van der Waals surface area (Å²) in [5, 5.41) is 2.91. The molecule has 0 heterocycles. The molecule has 2 amide bonds. The molecule has 4 rings (SSSR count). The van der Waals surface area contributed by atoms with Crippen LogP contribution in [0.15, 0.2) is 84.9 Å². The lowest BCUT2D eigenvalue weighted by Crippen LogP contribution is -2.30. The summed E-state index contributed by atoms with van der Waals surface area (Å²) in [6.07, 6.45) is 1.93. The Labute approximate surface area is 164 Å². The molecule has 0 radical (unpaired) electrons. The van der Waals surface area contributed by atoms with Gasteiger partial charge in [-0.2, -0.15) is 0 Å². The summed E-state index contributed by atoms with van der Waals surface area (Å²) in [5.41, 5.74) is 3.22. The predicted octanol–water partition coefficient (Wildman–Crippen LogP) is 4.88. The van der Waals surface area contributed by atoms with Crippen LogP contribution in [0.1, 0.15) is 28.8 Å². The van der Waals surface area contributed by atoms with Gasteiger partial charge in [0, 0.05) is 22.9 Å². The first kappa shape index (κ1) is 18.0. The summed E-state index contributed by atoms with van der Waals surface area (Å²) in [7, 11) is 0. The third-order valence-corrected chi connectivity index (χ3v) is 4.84. The van der Waals surface area contributed by atoms with Gasteiger partial charge in [0.1, 0.15) is 0 Å². The van der Waals surface area contributed by atoms with E-state index in [-0.39, 0.29) is 17.7 Å². The number of carbonyl (C=O) groups excluding carboxylic acids is 2. The highest BCUT2D eigenvalue weighted by Crippen LogP contribution is 2.30. The number of anilines is 2. The second kappa shape index (κ2) is 8.09. The van der Waals surface area contributed by atoms with Crippen LogP contribution in [0.2, 0.25) is 0 Å². The van der Waals surface area contributed by atoms with Crippen molar-refractivity contribution in [3.8, 4) is 0 Å². The first-order valence-corrected chi connectivity index (χ1v) is 9.52. The molecule has 0 atom stereocenters. The number of benzene rings is 3. The molecule has 0 spiro atoms. The van der Waals surface area contributed by atoms with E-state index in [1.165, 1.54) is 0 Å². The van der Waals surface area contributed by atoms with Crippen LogP contribution >= 0.6 is 0 Å². The molecule has 4 heteroatoms. The van der Waals surface area contributed by atoms with Gasteiger partial charge in [-0.25, -0.2) is 0 Å². The van der Waals surface area contributed by atoms with Crippen LogP contribution in [-0.2, 0) is 11.3 Å². The SMILES string of the molecule is O=C(Nc1ccc(C(=O)N(Cc2ccccc2)c2ccccc2)cc1)C1CC1. The van der Waals surface area contributed by atoms with Gasteiger partial charge in [-0.1, -0.05) is 48.5 Å². The normalized spacial score (nSPS) is 13.0. The first-order valence-electron chi connectivity index (χ1n) is 9.52. The number of nitrogens with one attached hydrogen (secondary N) is 1. The lowest BCUT2D eigenvalue weighted by Gasteiger charge is -2.23. The number of hydrogen-bond donors (Lipinski definition) is 1. The van der Waals surface area contributed by atoms with Crippen LogP contribution in [0.4, 0.5) is 11.4 Å². The number of rotatable bonds is 6. The molecule has 0 unspecified atom stereocenters. The van der Waals surface area contributed by atoms with Crippen LogP contribution in [-0.4, -0.2) is 11.8 Å². The van der Waals surface area contributed by atoms with Gasteiger partial charge in [0.15, 0.2) is 0 Å². The molecular weight excluding hydrogens is 348 g/mol. The fraction of sp³-hybridized carbons (Fsp3) is 0.167. The fourth-order valence-corrected chi connectivity index (χ4v) is 3.10. The van der Waals surface area contributed by atoms with Gasteiger partial charge >= 0.3 is 0 Å².